The van der Waals surface area contributed by atoms with E-state index in [0.29, 0.717) is 16.7 Å². The first-order valence-electron chi connectivity index (χ1n) is 7.07. The molecule has 2 aromatic rings. The number of nitrogens with one attached hydrogen (secondary N) is 1. The zero-order valence-electron chi connectivity index (χ0n) is 12.7. The quantitative estimate of drug-likeness (QED) is 0.858. The van der Waals surface area contributed by atoms with Gasteiger partial charge in [0.15, 0.2) is 0 Å². The number of benzene rings is 2. The number of hydrogen-bond donors (Lipinski definition) is 1. The van der Waals surface area contributed by atoms with Crippen molar-refractivity contribution in [3.8, 4) is 6.07 Å². The molecule has 0 heterocycles. The first-order valence-corrected chi connectivity index (χ1v) is 7.07. The van der Waals surface area contributed by atoms with Gasteiger partial charge in [-0.15, -0.1) is 0 Å². The van der Waals surface area contributed by atoms with Crippen molar-refractivity contribution in [2.24, 2.45) is 0 Å². The summed E-state index contributed by atoms with van der Waals surface area (Å²) in [5.41, 5.74) is 1.60. The van der Waals surface area contributed by atoms with Crippen LogP contribution in [0, 0.1) is 11.3 Å². The topological polar surface area (TPSA) is 79.2 Å². The molecule has 1 N–H and O–H groups in total. The number of rotatable bonds is 5. The number of methoxy groups -OCH3 is 1. The summed E-state index contributed by atoms with van der Waals surface area (Å²) in [5, 5.41) is 11.8. The van der Waals surface area contributed by atoms with Crippen LogP contribution < -0.4 is 5.32 Å². The van der Waals surface area contributed by atoms with Crippen molar-refractivity contribution >= 4 is 11.9 Å². The number of amides is 1. The molecule has 5 heteroatoms. The van der Waals surface area contributed by atoms with Crippen molar-refractivity contribution in [3.63, 3.8) is 0 Å². The lowest BCUT2D eigenvalue weighted by atomic mass is 10.0. The third-order valence-electron chi connectivity index (χ3n) is 3.39. The molecule has 1 amide bonds. The van der Waals surface area contributed by atoms with Crippen LogP contribution in [0.25, 0.3) is 0 Å². The summed E-state index contributed by atoms with van der Waals surface area (Å²) in [5.74, 6) is -0.919. The number of carbonyl (C=O) groups is 2. The number of esters is 1. The number of hydrogen-bond acceptors (Lipinski definition) is 4. The first kappa shape index (κ1) is 16.2. The van der Waals surface area contributed by atoms with Crippen LogP contribution in [-0.4, -0.2) is 25.0 Å². The zero-order chi connectivity index (χ0) is 16.7. The van der Waals surface area contributed by atoms with E-state index < -0.39 is 12.0 Å². The van der Waals surface area contributed by atoms with Crippen LogP contribution in [0.1, 0.15) is 21.5 Å². The Morgan fingerprint density at radius 1 is 1.13 bits per heavy atom. The Hall–Kier alpha value is -3.13. The average molecular weight is 308 g/mol. The summed E-state index contributed by atoms with van der Waals surface area (Å²) < 4.78 is 4.76. The minimum atomic E-state index is -0.859. The summed E-state index contributed by atoms with van der Waals surface area (Å²) in [7, 11) is 1.26. The zero-order valence-corrected chi connectivity index (χ0v) is 12.7. The van der Waals surface area contributed by atoms with E-state index >= 15 is 0 Å². The Balaban J connectivity index is 2.20. The van der Waals surface area contributed by atoms with Crippen molar-refractivity contribution in [1.29, 1.82) is 5.26 Å². The fraction of sp³-hybridized carbons (Fsp3) is 0.167. The molecule has 0 saturated carbocycles. The van der Waals surface area contributed by atoms with E-state index in [-0.39, 0.29) is 12.3 Å². The highest BCUT2D eigenvalue weighted by Crippen LogP contribution is 2.11. The van der Waals surface area contributed by atoms with Gasteiger partial charge in [-0.1, -0.05) is 36.4 Å². The number of carbonyl (C=O) groups excluding carboxylic acids is 2. The molecule has 2 rings (SSSR count). The fourth-order valence-corrected chi connectivity index (χ4v) is 2.19. The summed E-state index contributed by atoms with van der Waals surface area (Å²) >= 11 is 0. The molecule has 0 aliphatic rings. The van der Waals surface area contributed by atoms with Gasteiger partial charge in [-0.05, 0) is 23.8 Å². The highest BCUT2D eigenvalue weighted by Gasteiger charge is 2.23. The molecule has 23 heavy (non-hydrogen) atoms. The highest BCUT2D eigenvalue weighted by atomic mass is 16.5. The maximum atomic E-state index is 12.2. The van der Waals surface area contributed by atoms with E-state index in [1.807, 2.05) is 0 Å². The molecule has 0 saturated heterocycles. The molecule has 0 bridgehead atoms. The van der Waals surface area contributed by atoms with Crippen LogP contribution in [0.2, 0.25) is 0 Å². The van der Waals surface area contributed by atoms with Gasteiger partial charge < -0.3 is 10.1 Å². The molecule has 1 atom stereocenters. The third kappa shape index (κ3) is 4.17. The van der Waals surface area contributed by atoms with Crippen LogP contribution in [0.4, 0.5) is 0 Å². The molecule has 0 radical (unpaired) electrons. The van der Waals surface area contributed by atoms with Crippen LogP contribution in [0.5, 0.6) is 0 Å². The summed E-state index contributed by atoms with van der Waals surface area (Å²) in [4.78, 5) is 24.2. The molecular weight excluding hydrogens is 292 g/mol. The van der Waals surface area contributed by atoms with E-state index in [2.05, 4.69) is 11.4 Å². The summed E-state index contributed by atoms with van der Waals surface area (Å²) in [6, 6.07) is 16.8. The number of nitriles is 1. The van der Waals surface area contributed by atoms with E-state index in [0.717, 1.165) is 0 Å². The molecule has 0 aliphatic carbocycles. The Morgan fingerprint density at radius 2 is 1.78 bits per heavy atom. The smallest absolute Gasteiger partial charge is 0.328 e. The maximum Gasteiger partial charge on any atom is 0.328 e. The lowest BCUT2D eigenvalue weighted by molar-refractivity contribution is -0.142. The lowest BCUT2D eigenvalue weighted by Crippen LogP contribution is -2.43. The van der Waals surface area contributed by atoms with Gasteiger partial charge in [-0.2, -0.15) is 5.26 Å². The highest BCUT2D eigenvalue weighted by molar-refractivity contribution is 5.96. The van der Waals surface area contributed by atoms with Gasteiger partial charge in [0.2, 0.25) is 0 Å². The van der Waals surface area contributed by atoms with E-state index in [4.69, 9.17) is 10.00 Å². The fourth-order valence-electron chi connectivity index (χ4n) is 2.19. The normalized spacial score (nSPS) is 11.1. The molecule has 0 unspecified atom stereocenters. The Kier molecular flexibility index (Phi) is 5.48. The number of nitrogens with zero attached hydrogens (tertiary/aromatic N) is 1. The van der Waals surface area contributed by atoms with Gasteiger partial charge >= 0.3 is 5.97 Å². The third-order valence-corrected chi connectivity index (χ3v) is 3.39. The van der Waals surface area contributed by atoms with Crippen LogP contribution in [0.15, 0.2) is 54.6 Å². The summed E-state index contributed by atoms with van der Waals surface area (Å²) in [6.45, 7) is 0. The van der Waals surface area contributed by atoms with Gasteiger partial charge in [-0.25, -0.2) is 4.79 Å². The van der Waals surface area contributed by atoms with Crippen molar-refractivity contribution in [2.75, 3.05) is 7.11 Å². The second kappa shape index (κ2) is 7.76. The summed E-state index contributed by atoms with van der Waals surface area (Å²) in [6.07, 6.45) is 0.189. The average Bonchev–Trinajstić information content (AvgIpc) is 2.61. The van der Waals surface area contributed by atoms with Crippen LogP contribution in [-0.2, 0) is 16.0 Å². The van der Waals surface area contributed by atoms with Gasteiger partial charge in [0.1, 0.15) is 6.04 Å². The first-order chi connectivity index (χ1) is 11.2. The molecule has 0 aliphatic heterocycles. The molecule has 0 spiro atoms. The Bertz CT molecular complexity index is 735. The van der Waals surface area contributed by atoms with Gasteiger partial charge in [0.25, 0.3) is 5.91 Å². The lowest BCUT2D eigenvalue weighted by Gasteiger charge is -2.17. The molecule has 2 aromatic carbocycles. The van der Waals surface area contributed by atoms with E-state index in [9.17, 15) is 9.59 Å². The monoisotopic (exact) mass is 308 g/mol. The second-order valence-electron chi connectivity index (χ2n) is 4.89. The second-order valence-corrected chi connectivity index (χ2v) is 4.89. The maximum absolute atomic E-state index is 12.2. The Morgan fingerprint density at radius 3 is 2.43 bits per heavy atom. The largest absolute Gasteiger partial charge is 0.467 e. The SMILES string of the molecule is COC(=O)[C@@H](Cc1ccccc1C#N)NC(=O)c1ccccc1. The standard InChI is InChI=1S/C18H16N2O3/c1-23-18(22)16(11-14-9-5-6-10-15(14)12-19)20-17(21)13-7-3-2-4-8-13/h2-10,16H,11H2,1H3,(H,20,21)/t16-/m1/s1. The van der Waals surface area contributed by atoms with Crippen molar-refractivity contribution in [3.05, 3.63) is 71.3 Å². The molecule has 5 nitrogen and oxygen atoms in total. The molecule has 0 fully saturated rings. The molecule has 0 aromatic heterocycles. The van der Waals surface area contributed by atoms with Gasteiger partial charge in [-0.3, -0.25) is 4.79 Å². The van der Waals surface area contributed by atoms with Gasteiger partial charge in [0, 0.05) is 12.0 Å². The minimum Gasteiger partial charge on any atom is -0.467 e. The number of ether oxygens (including phenoxy) is 1. The minimum absolute atomic E-state index is 0.189. The predicted molar refractivity (Wildman–Crippen MR) is 84.6 cm³/mol. The van der Waals surface area contributed by atoms with Crippen molar-refractivity contribution < 1.29 is 14.3 Å². The van der Waals surface area contributed by atoms with Crippen LogP contribution in [0.3, 0.4) is 0 Å². The molecule has 116 valence electrons. The van der Waals surface area contributed by atoms with E-state index in [1.165, 1.54) is 7.11 Å². The predicted octanol–water partition coefficient (Wildman–Crippen LogP) is 2.07. The molecular formula is C18H16N2O3. The van der Waals surface area contributed by atoms with Gasteiger partial charge in [0.05, 0.1) is 18.7 Å². The Labute approximate surface area is 134 Å². The van der Waals surface area contributed by atoms with Crippen LogP contribution >= 0.6 is 0 Å². The van der Waals surface area contributed by atoms with E-state index in [1.54, 1.807) is 54.6 Å². The van der Waals surface area contributed by atoms with Crippen molar-refractivity contribution in [2.45, 2.75) is 12.5 Å². The van der Waals surface area contributed by atoms with Crippen molar-refractivity contribution in [1.82, 2.24) is 5.32 Å².